The van der Waals surface area contributed by atoms with Crippen molar-refractivity contribution < 1.29 is 17.9 Å². The van der Waals surface area contributed by atoms with E-state index in [1.54, 1.807) is 32.4 Å². The minimum Gasteiger partial charge on any atom is -0.493 e. The van der Waals surface area contributed by atoms with Crippen molar-refractivity contribution >= 4 is 21.6 Å². The molecule has 0 aliphatic carbocycles. The molecule has 0 aliphatic heterocycles. The second kappa shape index (κ2) is 7.88. The van der Waals surface area contributed by atoms with Gasteiger partial charge in [-0.15, -0.1) is 0 Å². The molecule has 0 aromatic heterocycles. The van der Waals surface area contributed by atoms with E-state index in [4.69, 9.17) is 21.1 Å². The first-order valence-electron chi connectivity index (χ1n) is 7.34. The number of aryl methyl sites for hydroxylation is 1. The average molecular weight is 370 g/mol. The number of benzene rings is 2. The molecule has 0 saturated heterocycles. The fourth-order valence-corrected chi connectivity index (χ4v) is 3.49. The zero-order chi connectivity index (χ0) is 17.7. The Morgan fingerprint density at radius 3 is 2.38 bits per heavy atom. The molecule has 5 nitrogen and oxygen atoms in total. The Balaban J connectivity index is 2.04. The molecule has 24 heavy (non-hydrogen) atoms. The van der Waals surface area contributed by atoms with Gasteiger partial charge >= 0.3 is 0 Å². The molecule has 0 aliphatic rings. The monoisotopic (exact) mass is 369 g/mol. The maximum Gasteiger partial charge on any atom is 0.240 e. The van der Waals surface area contributed by atoms with Gasteiger partial charge in [-0.1, -0.05) is 23.7 Å². The van der Waals surface area contributed by atoms with Crippen molar-refractivity contribution in [1.29, 1.82) is 0 Å². The van der Waals surface area contributed by atoms with Crippen molar-refractivity contribution in [1.82, 2.24) is 4.72 Å². The lowest BCUT2D eigenvalue weighted by Crippen LogP contribution is -2.26. The maximum atomic E-state index is 12.3. The number of hydrogen-bond acceptors (Lipinski definition) is 4. The summed E-state index contributed by atoms with van der Waals surface area (Å²) in [5, 5.41) is 0.428. The van der Waals surface area contributed by atoms with Gasteiger partial charge in [-0.05, 0) is 48.7 Å². The zero-order valence-corrected chi connectivity index (χ0v) is 15.4. The fraction of sp³-hybridized carbons (Fsp3) is 0.294. The lowest BCUT2D eigenvalue weighted by molar-refractivity contribution is 0.354. The normalized spacial score (nSPS) is 11.3. The van der Waals surface area contributed by atoms with E-state index >= 15 is 0 Å². The fourth-order valence-electron chi connectivity index (χ4n) is 2.19. The smallest absolute Gasteiger partial charge is 0.240 e. The van der Waals surface area contributed by atoms with E-state index in [0.29, 0.717) is 22.9 Å². The highest BCUT2D eigenvalue weighted by atomic mass is 35.5. The Morgan fingerprint density at radius 1 is 1.04 bits per heavy atom. The molecular formula is C17H20ClNO4S. The minimum atomic E-state index is -3.59. The highest BCUT2D eigenvalue weighted by Gasteiger charge is 2.14. The van der Waals surface area contributed by atoms with Gasteiger partial charge in [-0.2, -0.15) is 0 Å². The molecule has 0 bridgehead atoms. The standard InChI is InChI=1S/C17H20ClNO4S/c1-12-4-6-14(11-15(12)18)24(20,21)19-9-8-13-5-7-16(22-2)17(10-13)23-3/h4-7,10-11,19H,8-9H2,1-3H3. The number of methoxy groups -OCH3 is 2. The van der Waals surface area contributed by atoms with Crippen molar-refractivity contribution in [2.75, 3.05) is 20.8 Å². The lowest BCUT2D eigenvalue weighted by atomic mass is 10.1. The van der Waals surface area contributed by atoms with E-state index in [1.165, 1.54) is 6.07 Å². The first kappa shape index (κ1) is 18.6. The van der Waals surface area contributed by atoms with Crippen LogP contribution in [0, 0.1) is 6.92 Å². The van der Waals surface area contributed by atoms with Crippen LogP contribution in [-0.2, 0) is 16.4 Å². The van der Waals surface area contributed by atoms with Gasteiger partial charge in [-0.3, -0.25) is 0 Å². The molecule has 0 heterocycles. The predicted molar refractivity (Wildman–Crippen MR) is 94.6 cm³/mol. The molecule has 1 N–H and O–H groups in total. The van der Waals surface area contributed by atoms with Gasteiger partial charge in [0.1, 0.15) is 0 Å². The molecule has 2 aromatic rings. The van der Waals surface area contributed by atoms with Gasteiger partial charge in [0.05, 0.1) is 19.1 Å². The third-order valence-corrected chi connectivity index (χ3v) is 5.47. The predicted octanol–water partition coefficient (Wildman–Crippen LogP) is 3.19. The molecule has 0 fully saturated rings. The average Bonchev–Trinajstić information content (AvgIpc) is 2.56. The van der Waals surface area contributed by atoms with Gasteiger partial charge in [0.15, 0.2) is 11.5 Å². The van der Waals surface area contributed by atoms with Crippen LogP contribution in [0.3, 0.4) is 0 Å². The molecule has 2 rings (SSSR count). The van der Waals surface area contributed by atoms with Crippen LogP contribution in [0.1, 0.15) is 11.1 Å². The highest BCUT2D eigenvalue weighted by molar-refractivity contribution is 7.89. The van der Waals surface area contributed by atoms with E-state index in [0.717, 1.165) is 11.1 Å². The SMILES string of the molecule is COc1ccc(CCNS(=O)(=O)c2ccc(C)c(Cl)c2)cc1OC. The minimum absolute atomic E-state index is 0.158. The summed E-state index contributed by atoms with van der Waals surface area (Å²) in [5.74, 6) is 1.25. The van der Waals surface area contributed by atoms with Crippen LogP contribution >= 0.6 is 11.6 Å². The van der Waals surface area contributed by atoms with Crippen molar-refractivity contribution in [3.63, 3.8) is 0 Å². The molecule has 0 saturated carbocycles. The van der Waals surface area contributed by atoms with E-state index < -0.39 is 10.0 Å². The number of sulfonamides is 1. The Bertz CT molecular complexity index is 821. The van der Waals surface area contributed by atoms with Crippen LogP contribution in [0.2, 0.25) is 5.02 Å². The third kappa shape index (κ3) is 4.41. The molecule has 2 aromatic carbocycles. The van der Waals surface area contributed by atoms with Crippen LogP contribution in [0.5, 0.6) is 11.5 Å². The summed E-state index contributed by atoms with van der Waals surface area (Å²) in [6, 6.07) is 10.2. The number of ether oxygens (including phenoxy) is 2. The van der Waals surface area contributed by atoms with Crippen LogP contribution in [0.4, 0.5) is 0 Å². The Kier molecular flexibility index (Phi) is 6.10. The second-order valence-electron chi connectivity index (χ2n) is 5.25. The Hall–Kier alpha value is -1.76. The molecular weight excluding hydrogens is 350 g/mol. The zero-order valence-electron chi connectivity index (χ0n) is 13.8. The number of hydrogen-bond donors (Lipinski definition) is 1. The molecule has 0 atom stereocenters. The van der Waals surface area contributed by atoms with Crippen LogP contribution < -0.4 is 14.2 Å². The first-order chi connectivity index (χ1) is 11.4. The number of halogens is 1. The lowest BCUT2D eigenvalue weighted by Gasteiger charge is -2.11. The van der Waals surface area contributed by atoms with E-state index in [1.807, 2.05) is 19.1 Å². The largest absolute Gasteiger partial charge is 0.493 e. The molecule has 7 heteroatoms. The van der Waals surface area contributed by atoms with Crippen molar-refractivity contribution in [3.05, 3.63) is 52.5 Å². The maximum absolute atomic E-state index is 12.3. The topological polar surface area (TPSA) is 64.6 Å². The molecule has 0 unspecified atom stereocenters. The first-order valence-corrected chi connectivity index (χ1v) is 9.20. The van der Waals surface area contributed by atoms with Crippen LogP contribution in [-0.4, -0.2) is 29.2 Å². The Labute approximate surface area is 147 Å². The third-order valence-electron chi connectivity index (χ3n) is 3.61. The summed E-state index contributed by atoms with van der Waals surface area (Å²) < 4.78 is 37.6. The van der Waals surface area contributed by atoms with E-state index in [-0.39, 0.29) is 11.4 Å². The Morgan fingerprint density at radius 2 is 1.75 bits per heavy atom. The van der Waals surface area contributed by atoms with Gasteiger partial charge in [0.25, 0.3) is 0 Å². The van der Waals surface area contributed by atoms with Gasteiger partial charge in [-0.25, -0.2) is 13.1 Å². The quantitative estimate of drug-likeness (QED) is 0.814. The molecule has 0 spiro atoms. The summed E-state index contributed by atoms with van der Waals surface area (Å²) in [6.45, 7) is 2.09. The highest BCUT2D eigenvalue weighted by Crippen LogP contribution is 2.27. The van der Waals surface area contributed by atoms with Crippen LogP contribution in [0.15, 0.2) is 41.3 Å². The van der Waals surface area contributed by atoms with Crippen molar-refractivity contribution in [3.8, 4) is 11.5 Å². The molecule has 0 amide bonds. The summed E-state index contributed by atoms with van der Waals surface area (Å²) in [5.41, 5.74) is 1.78. The van der Waals surface area contributed by atoms with Crippen LogP contribution in [0.25, 0.3) is 0 Å². The van der Waals surface area contributed by atoms with Gasteiger partial charge in [0.2, 0.25) is 10.0 Å². The van der Waals surface area contributed by atoms with Crippen molar-refractivity contribution in [2.45, 2.75) is 18.2 Å². The second-order valence-corrected chi connectivity index (χ2v) is 7.42. The van der Waals surface area contributed by atoms with E-state index in [9.17, 15) is 8.42 Å². The summed E-state index contributed by atoms with van der Waals surface area (Å²) >= 11 is 5.99. The molecule has 130 valence electrons. The number of nitrogens with one attached hydrogen (secondary N) is 1. The van der Waals surface area contributed by atoms with Gasteiger partial charge < -0.3 is 9.47 Å². The summed E-state index contributed by atoms with van der Waals surface area (Å²) in [6.07, 6.45) is 0.527. The number of rotatable bonds is 7. The van der Waals surface area contributed by atoms with Gasteiger partial charge in [0, 0.05) is 11.6 Å². The summed E-state index contributed by atoms with van der Waals surface area (Å²) in [4.78, 5) is 0.158. The summed E-state index contributed by atoms with van der Waals surface area (Å²) in [7, 11) is -0.460. The van der Waals surface area contributed by atoms with E-state index in [2.05, 4.69) is 4.72 Å². The molecule has 0 radical (unpaired) electrons. The van der Waals surface area contributed by atoms with Crippen molar-refractivity contribution in [2.24, 2.45) is 0 Å².